The quantitative estimate of drug-likeness (QED) is 0.933. The second-order valence-electron chi connectivity index (χ2n) is 5.50. The van der Waals surface area contributed by atoms with Gasteiger partial charge in [-0.25, -0.2) is 0 Å². The highest BCUT2D eigenvalue weighted by Gasteiger charge is 2.28. The van der Waals surface area contributed by atoms with Crippen molar-refractivity contribution in [2.24, 2.45) is 5.92 Å². The minimum absolute atomic E-state index is 0.0230. The molecule has 3 rings (SSSR count). The van der Waals surface area contributed by atoms with Crippen LogP contribution in [0.5, 0.6) is 0 Å². The van der Waals surface area contributed by atoms with E-state index in [2.05, 4.69) is 15.5 Å². The predicted molar refractivity (Wildman–Crippen MR) is 81.3 cm³/mol. The van der Waals surface area contributed by atoms with E-state index in [-0.39, 0.29) is 17.9 Å². The molecule has 2 aromatic rings. The number of rotatable bonds is 4. The molecule has 1 saturated heterocycles. The number of aromatic nitrogens is 3. The van der Waals surface area contributed by atoms with Crippen LogP contribution in [0.3, 0.4) is 0 Å². The molecule has 1 fully saturated rings. The molecule has 0 bridgehead atoms. The van der Waals surface area contributed by atoms with Crippen LogP contribution in [0.15, 0.2) is 36.7 Å². The number of para-hydroxylation sites is 1. The SMILES string of the molecule is C[C@H]1OCCC[C@H]1C(=O)NCc1nncn1-c1ccccc1. The van der Waals surface area contributed by atoms with Gasteiger partial charge in [0.2, 0.25) is 5.91 Å². The maximum Gasteiger partial charge on any atom is 0.226 e. The molecule has 0 aliphatic carbocycles. The number of hydrogen-bond acceptors (Lipinski definition) is 4. The van der Waals surface area contributed by atoms with Gasteiger partial charge < -0.3 is 10.1 Å². The third-order valence-electron chi connectivity index (χ3n) is 4.02. The normalized spacial score (nSPS) is 21.5. The molecular weight excluding hydrogens is 280 g/mol. The van der Waals surface area contributed by atoms with E-state index in [1.807, 2.05) is 41.8 Å². The van der Waals surface area contributed by atoms with Crippen molar-refractivity contribution in [3.63, 3.8) is 0 Å². The van der Waals surface area contributed by atoms with E-state index in [1.165, 1.54) is 0 Å². The van der Waals surface area contributed by atoms with E-state index in [1.54, 1.807) is 6.33 Å². The molecule has 0 saturated carbocycles. The van der Waals surface area contributed by atoms with Gasteiger partial charge in [-0.3, -0.25) is 9.36 Å². The van der Waals surface area contributed by atoms with Crippen LogP contribution in [0, 0.1) is 5.92 Å². The molecule has 0 unspecified atom stereocenters. The number of carbonyl (C=O) groups excluding carboxylic acids is 1. The highest BCUT2D eigenvalue weighted by molar-refractivity contribution is 5.79. The molecular formula is C16H20N4O2. The van der Waals surface area contributed by atoms with Crippen LogP contribution in [0.4, 0.5) is 0 Å². The molecule has 6 nitrogen and oxygen atoms in total. The molecule has 1 aliphatic rings. The Morgan fingerprint density at radius 2 is 2.23 bits per heavy atom. The summed E-state index contributed by atoms with van der Waals surface area (Å²) in [6, 6.07) is 9.83. The minimum atomic E-state index is -0.0816. The van der Waals surface area contributed by atoms with Crippen LogP contribution >= 0.6 is 0 Å². The summed E-state index contributed by atoms with van der Waals surface area (Å²) in [5, 5.41) is 11.0. The van der Waals surface area contributed by atoms with E-state index >= 15 is 0 Å². The summed E-state index contributed by atoms with van der Waals surface area (Å²) in [7, 11) is 0. The Bertz CT molecular complexity index is 626. The summed E-state index contributed by atoms with van der Waals surface area (Å²) in [5.74, 6) is 0.653. The van der Waals surface area contributed by atoms with Gasteiger partial charge in [0.25, 0.3) is 0 Å². The van der Waals surface area contributed by atoms with E-state index < -0.39 is 0 Å². The molecule has 0 radical (unpaired) electrons. The zero-order chi connectivity index (χ0) is 15.4. The first-order valence-corrected chi connectivity index (χ1v) is 7.59. The third-order valence-corrected chi connectivity index (χ3v) is 4.02. The summed E-state index contributed by atoms with van der Waals surface area (Å²) < 4.78 is 7.42. The first kappa shape index (κ1) is 14.7. The largest absolute Gasteiger partial charge is 0.378 e. The van der Waals surface area contributed by atoms with Crippen molar-refractivity contribution in [2.75, 3.05) is 6.61 Å². The Labute approximate surface area is 129 Å². The maximum absolute atomic E-state index is 12.3. The molecule has 1 aromatic heterocycles. The highest BCUT2D eigenvalue weighted by Crippen LogP contribution is 2.20. The first-order chi connectivity index (χ1) is 10.8. The van der Waals surface area contributed by atoms with Gasteiger partial charge >= 0.3 is 0 Å². The lowest BCUT2D eigenvalue weighted by Crippen LogP contribution is -2.40. The first-order valence-electron chi connectivity index (χ1n) is 7.59. The Hall–Kier alpha value is -2.21. The second kappa shape index (κ2) is 6.70. The number of carbonyl (C=O) groups is 1. The lowest BCUT2D eigenvalue weighted by molar-refractivity contribution is -0.133. The second-order valence-corrected chi connectivity index (χ2v) is 5.50. The van der Waals surface area contributed by atoms with Crippen LogP contribution in [0.25, 0.3) is 5.69 Å². The van der Waals surface area contributed by atoms with E-state index in [0.29, 0.717) is 12.4 Å². The minimum Gasteiger partial charge on any atom is -0.378 e. The zero-order valence-corrected chi connectivity index (χ0v) is 12.6. The zero-order valence-electron chi connectivity index (χ0n) is 12.6. The van der Waals surface area contributed by atoms with Gasteiger partial charge in [0, 0.05) is 12.3 Å². The molecule has 0 spiro atoms. The van der Waals surface area contributed by atoms with Crippen LogP contribution in [-0.4, -0.2) is 33.4 Å². The number of benzene rings is 1. The average Bonchev–Trinajstić information content (AvgIpc) is 3.02. The standard InChI is InChI=1S/C16H20N4O2/c1-12-14(8-5-9-22-12)16(21)17-10-15-19-18-11-20(15)13-6-3-2-4-7-13/h2-4,6-7,11-12,14H,5,8-10H2,1H3,(H,17,21)/t12-,14-/m1/s1. The summed E-state index contributed by atoms with van der Waals surface area (Å²) in [6.45, 7) is 3.06. The molecule has 2 atom stereocenters. The smallest absolute Gasteiger partial charge is 0.226 e. The number of amides is 1. The Balaban J connectivity index is 1.65. The van der Waals surface area contributed by atoms with Gasteiger partial charge in [-0.1, -0.05) is 18.2 Å². The fourth-order valence-corrected chi connectivity index (χ4v) is 2.75. The fraction of sp³-hybridized carbons (Fsp3) is 0.438. The predicted octanol–water partition coefficient (Wildman–Crippen LogP) is 1.70. The molecule has 116 valence electrons. The summed E-state index contributed by atoms with van der Waals surface area (Å²) in [6.07, 6.45) is 3.44. The van der Waals surface area contributed by atoms with Gasteiger partial charge in [0.15, 0.2) is 5.82 Å². The van der Waals surface area contributed by atoms with Crippen LogP contribution in [0.1, 0.15) is 25.6 Å². The molecule has 2 heterocycles. The van der Waals surface area contributed by atoms with Crippen molar-refractivity contribution in [2.45, 2.75) is 32.4 Å². The van der Waals surface area contributed by atoms with Crippen molar-refractivity contribution in [3.05, 3.63) is 42.5 Å². The summed E-state index contributed by atoms with van der Waals surface area (Å²) >= 11 is 0. The Morgan fingerprint density at radius 3 is 3.00 bits per heavy atom. The topological polar surface area (TPSA) is 69.0 Å². The third kappa shape index (κ3) is 3.17. The van der Waals surface area contributed by atoms with Crippen molar-refractivity contribution in [1.82, 2.24) is 20.1 Å². The Kier molecular flexibility index (Phi) is 4.48. The number of ether oxygens (including phenoxy) is 1. The van der Waals surface area contributed by atoms with Crippen LogP contribution < -0.4 is 5.32 Å². The van der Waals surface area contributed by atoms with Crippen molar-refractivity contribution in [1.29, 1.82) is 0 Å². The number of hydrogen-bond donors (Lipinski definition) is 1. The molecule has 1 aromatic carbocycles. The maximum atomic E-state index is 12.3. The van der Waals surface area contributed by atoms with Crippen molar-refractivity contribution < 1.29 is 9.53 Å². The average molecular weight is 300 g/mol. The molecule has 1 amide bonds. The fourth-order valence-electron chi connectivity index (χ4n) is 2.75. The highest BCUT2D eigenvalue weighted by atomic mass is 16.5. The lowest BCUT2D eigenvalue weighted by Gasteiger charge is -2.27. The van der Waals surface area contributed by atoms with Crippen molar-refractivity contribution in [3.8, 4) is 5.69 Å². The molecule has 22 heavy (non-hydrogen) atoms. The monoisotopic (exact) mass is 300 g/mol. The van der Waals surface area contributed by atoms with Gasteiger partial charge in [0.05, 0.1) is 18.6 Å². The van der Waals surface area contributed by atoms with E-state index in [4.69, 9.17) is 4.74 Å². The van der Waals surface area contributed by atoms with Crippen LogP contribution in [-0.2, 0) is 16.1 Å². The molecule has 1 aliphatic heterocycles. The molecule has 1 N–H and O–H groups in total. The van der Waals surface area contributed by atoms with Gasteiger partial charge in [-0.2, -0.15) is 0 Å². The van der Waals surface area contributed by atoms with Gasteiger partial charge in [-0.15, -0.1) is 10.2 Å². The van der Waals surface area contributed by atoms with Crippen molar-refractivity contribution >= 4 is 5.91 Å². The summed E-state index contributed by atoms with van der Waals surface area (Å²) in [4.78, 5) is 12.3. The van der Waals surface area contributed by atoms with E-state index in [0.717, 1.165) is 25.1 Å². The lowest BCUT2D eigenvalue weighted by atomic mass is 9.94. The van der Waals surface area contributed by atoms with Crippen LogP contribution in [0.2, 0.25) is 0 Å². The van der Waals surface area contributed by atoms with Gasteiger partial charge in [0.1, 0.15) is 6.33 Å². The van der Waals surface area contributed by atoms with E-state index in [9.17, 15) is 4.79 Å². The molecule has 6 heteroatoms. The summed E-state index contributed by atoms with van der Waals surface area (Å²) in [5.41, 5.74) is 0.978. The Morgan fingerprint density at radius 1 is 1.41 bits per heavy atom. The number of nitrogens with zero attached hydrogens (tertiary/aromatic N) is 3. The number of nitrogens with one attached hydrogen (secondary N) is 1. The van der Waals surface area contributed by atoms with Gasteiger partial charge in [-0.05, 0) is 31.9 Å².